The SMILES string of the molecule is CCCCCCC1CCC(CCc2ccc(-c3cnc(Cl)c(Cl)c3)cc2)CC1. The van der Waals surface area contributed by atoms with Gasteiger partial charge in [0.25, 0.3) is 0 Å². The lowest BCUT2D eigenvalue weighted by Crippen LogP contribution is -2.15. The summed E-state index contributed by atoms with van der Waals surface area (Å²) in [5.74, 6) is 1.93. The van der Waals surface area contributed by atoms with E-state index >= 15 is 0 Å². The minimum atomic E-state index is 0.359. The smallest absolute Gasteiger partial charge is 0.147 e. The van der Waals surface area contributed by atoms with E-state index in [1.165, 1.54) is 76.2 Å². The molecule has 1 aliphatic carbocycles. The highest BCUT2D eigenvalue weighted by Crippen LogP contribution is 2.34. The molecule has 0 saturated heterocycles. The maximum Gasteiger partial charge on any atom is 0.147 e. The van der Waals surface area contributed by atoms with Crippen LogP contribution in [0.2, 0.25) is 10.2 Å². The molecule has 0 amide bonds. The lowest BCUT2D eigenvalue weighted by atomic mass is 9.77. The molecule has 3 rings (SSSR count). The average molecular weight is 418 g/mol. The average Bonchev–Trinajstić information content (AvgIpc) is 2.73. The number of hydrogen-bond acceptors (Lipinski definition) is 1. The second-order valence-electron chi connectivity index (χ2n) is 8.47. The van der Waals surface area contributed by atoms with Crippen LogP contribution in [0.3, 0.4) is 0 Å². The lowest BCUT2D eigenvalue weighted by molar-refractivity contribution is 0.249. The Balaban J connectivity index is 1.41. The first-order chi connectivity index (χ1) is 13.7. The summed E-state index contributed by atoms with van der Waals surface area (Å²) in [6.45, 7) is 2.29. The van der Waals surface area contributed by atoms with E-state index in [0.717, 1.165) is 23.0 Å². The molecule has 1 aliphatic rings. The van der Waals surface area contributed by atoms with Gasteiger partial charge in [0, 0.05) is 11.8 Å². The molecule has 1 aromatic carbocycles. The number of benzene rings is 1. The van der Waals surface area contributed by atoms with E-state index < -0.39 is 0 Å². The van der Waals surface area contributed by atoms with Crippen LogP contribution in [0.5, 0.6) is 0 Å². The van der Waals surface area contributed by atoms with Crippen LogP contribution >= 0.6 is 23.2 Å². The Morgan fingerprint density at radius 2 is 1.54 bits per heavy atom. The van der Waals surface area contributed by atoms with E-state index in [0.29, 0.717) is 10.2 Å². The van der Waals surface area contributed by atoms with Crippen molar-refractivity contribution >= 4 is 23.2 Å². The molecule has 1 nitrogen and oxygen atoms in total. The maximum atomic E-state index is 6.09. The number of pyridine rings is 1. The van der Waals surface area contributed by atoms with Gasteiger partial charge < -0.3 is 0 Å². The van der Waals surface area contributed by atoms with Crippen LogP contribution < -0.4 is 0 Å². The minimum Gasteiger partial charge on any atom is -0.242 e. The summed E-state index contributed by atoms with van der Waals surface area (Å²) in [6, 6.07) is 10.7. The minimum absolute atomic E-state index is 0.359. The van der Waals surface area contributed by atoms with Crippen LogP contribution in [-0.4, -0.2) is 4.98 Å². The van der Waals surface area contributed by atoms with Crippen molar-refractivity contribution in [3.8, 4) is 11.1 Å². The van der Waals surface area contributed by atoms with E-state index in [1.807, 2.05) is 6.07 Å². The van der Waals surface area contributed by atoms with Gasteiger partial charge in [-0.1, -0.05) is 112 Å². The van der Waals surface area contributed by atoms with Crippen LogP contribution in [0.15, 0.2) is 36.5 Å². The number of halogens is 2. The molecule has 152 valence electrons. The van der Waals surface area contributed by atoms with Crippen molar-refractivity contribution in [2.45, 2.75) is 77.6 Å². The molecule has 2 aromatic rings. The molecule has 28 heavy (non-hydrogen) atoms. The molecule has 0 spiro atoms. The molecule has 1 saturated carbocycles. The van der Waals surface area contributed by atoms with E-state index in [-0.39, 0.29) is 0 Å². The van der Waals surface area contributed by atoms with Gasteiger partial charge in [0.2, 0.25) is 0 Å². The Morgan fingerprint density at radius 1 is 0.857 bits per heavy atom. The van der Waals surface area contributed by atoms with Crippen LogP contribution in [0.25, 0.3) is 11.1 Å². The van der Waals surface area contributed by atoms with Crippen molar-refractivity contribution in [3.05, 3.63) is 52.3 Å². The molecule has 0 atom stereocenters. The monoisotopic (exact) mass is 417 g/mol. The molecule has 0 unspecified atom stereocenters. The summed E-state index contributed by atoms with van der Waals surface area (Å²) >= 11 is 12.0. The zero-order chi connectivity index (χ0) is 19.8. The van der Waals surface area contributed by atoms with E-state index in [9.17, 15) is 0 Å². The van der Waals surface area contributed by atoms with Crippen molar-refractivity contribution in [1.29, 1.82) is 0 Å². The van der Waals surface area contributed by atoms with Gasteiger partial charge in [0.1, 0.15) is 5.15 Å². The van der Waals surface area contributed by atoms with E-state index in [2.05, 4.69) is 36.2 Å². The Bertz CT molecular complexity index is 718. The van der Waals surface area contributed by atoms with Crippen LogP contribution in [0.4, 0.5) is 0 Å². The first-order valence-electron chi connectivity index (χ1n) is 11.1. The number of aromatic nitrogens is 1. The van der Waals surface area contributed by atoms with Gasteiger partial charge in [-0.3, -0.25) is 0 Å². The first-order valence-corrected chi connectivity index (χ1v) is 11.8. The summed E-state index contributed by atoms with van der Waals surface area (Å²) in [5.41, 5.74) is 3.58. The van der Waals surface area contributed by atoms with Gasteiger partial charge >= 0.3 is 0 Å². The number of nitrogens with zero attached hydrogens (tertiary/aromatic N) is 1. The standard InChI is InChI=1S/C25H33Cl2N/c1-2-3-4-5-6-19-7-9-20(10-8-19)11-12-21-13-15-22(16-14-21)23-17-24(26)25(27)28-18-23/h13-20H,2-12H2,1H3. The van der Waals surface area contributed by atoms with Crippen LogP contribution in [0, 0.1) is 11.8 Å². The molecule has 1 aromatic heterocycles. The second-order valence-corrected chi connectivity index (χ2v) is 9.23. The Labute approximate surface area is 180 Å². The second kappa shape index (κ2) is 11.2. The molecule has 3 heteroatoms. The van der Waals surface area contributed by atoms with Gasteiger partial charge in [0.05, 0.1) is 5.02 Å². The van der Waals surface area contributed by atoms with Crippen LogP contribution in [0.1, 0.15) is 76.7 Å². The quantitative estimate of drug-likeness (QED) is 0.293. The third-order valence-electron chi connectivity index (χ3n) is 6.36. The first kappa shape index (κ1) is 21.7. The fourth-order valence-corrected chi connectivity index (χ4v) is 4.75. The maximum absolute atomic E-state index is 6.09. The molecule has 0 radical (unpaired) electrons. The Kier molecular flexibility index (Phi) is 8.67. The van der Waals surface area contributed by atoms with Gasteiger partial charge in [-0.15, -0.1) is 0 Å². The number of hydrogen-bond donors (Lipinski definition) is 0. The summed E-state index contributed by atoms with van der Waals surface area (Å²) in [4.78, 5) is 4.14. The summed E-state index contributed by atoms with van der Waals surface area (Å²) in [7, 11) is 0. The van der Waals surface area contributed by atoms with Gasteiger partial charge in [-0.25, -0.2) is 4.98 Å². The zero-order valence-corrected chi connectivity index (χ0v) is 18.6. The van der Waals surface area contributed by atoms with E-state index in [4.69, 9.17) is 23.2 Å². The Hall–Kier alpha value is -1.05. The third-order valence-corrected chi connectivity index (χ3v) is 7.04. The van der Waals surface area contributed by atoms with Crippen molar-refractivity contribution < 1.29 is 0 Å². The fourth-order valence-electron chi connectivity index (χ4n) is 4.48. The zero-order valence-electron chi connectivity index (χ0n) is 17.1. The number of rotatable bonds is 9. The summed E-state index contributed by atoms with van der Waals surface area (Å²) in [6.07, 6.45) is 17.2. The molecular weight excluding hydrogens is 385 g/mol. The van der Waals surface area contributed by atoms with Crippen LogP contribution in [-0.2, 0) is 6.42 Å². The lowest BCUT2D eigenvalue weighted by Gasteiger charge is -2.28. The molecular formula is C25H33Cl2N. The molecule has 1 heterocycles. The molecule has 0 bridgehead atoms. The number of unbranched alkanes of at least 4 members (excludes halogenated alkanes) is 3. The normalized spacial score (nSPS) is 19.7. The highest BCUT2D eigenvalue weighted by Gasteiger charge is 2.20. The number of aryl methyl sites for hydroxylation is 1. The van der Waals surface area contributed by atoms with Crippen molar-refractivity contribution in [2.24, 2.45) is 11.8 Å². The topological polar surface area (TPSA) is 12.9 Å². The van der Waals surface area contributed by atoms with Gasteiger partial charge in [0.15, 0.2) is 0 Å². The van der Waals surface area contributed by atoms with Crippen molar-refractivity contribution in [1.82, 2.24) is 4.98 Å². The predicted molar refractivity (Wildman–Crippen MR) is 122 cm³/mol. The summed E-state index contributed by atoms with van der Waals surface area (Å²) < 4.78 is 0. The molecule has 0 N–H and O–H groups in total. The molecule has 0 aliphatic heterocycles. The van der Waals surface area contributed by atoms with E-state index in [1.54, 1.807) is 6.20 Å². The van der Waals surface area contributed by atoms with Gasteiger partial charge in [-0.05, 0) is 41.9 Å². The largest absolute Gasteiger partial charge is 0.242 e. The Morgan fingerprint density at radius 3 is 2.18 bits per heavy atom. The predicted octanol–water partition coefficient (Wildman–Crippen LogP) is 8.76. The highest BCUT2D eigenvalue weighted by molar-refractivity contribution is 6.41. The fraction of sp³-hybridized carbons (Fsp3) is 0.560. The highest BCUT2D eigenvalue weighted by atomic mass is 35.5. The third kappa shape index (κ3) is 6.49. The molecule has 1 fully saturated rings. The van der Waals surface area contributed by atoms with Gasteiger partial charge in [-0.2, -0.15) is 0 Å². The van der Waals surface area contributed by atoms with Crippen molar-refractivity contribution in [3.63, 3.8) is 0 Å². The summed E-state index contributed by atoms with van der Waals surface area (Å²) in [5, 5.41) is 0.863. The van der Waals surface area contributed by atoms with Crippen molar-refractivity contribution in [2.75, 3.05) is 0 Å².